The number of hydrogen-bond acceptors (Lipinski definition) is 3. The summed E-state index contributed by atoms with van der Waals surface area (Å²) in [5, 5.41) is 3.37. The van der Waals surface area contributed by atoms with Crippen molar-refractivity contribution in [2.24, 2.45) is 5.92 Å². The van der Waals surface area contributed by atoms with Crippen molar-refractivity contribution < 1.29 is 4.42 Å². The number of nitrogens with zero attached hydrogens (tertiary/aromatic N) is 1. The van der Waals surface area contributed by atoms with E-state index in [1.54, 1.807) is 0 Å². The summed E-state index contributed by atoms with van der Waals surface area (Å²) in [4.78, 5) is 2.54. The van der Waals surface area contributed by atoms with Gasteiger partial charge in [0.1, 0.15) is 5.76 Å². The molecule has 1 aliphatic rings. The second kappa shape index (κ2) is 6.95. The van der Waals surface area contributed by atoms with E-state index in [0.717, 1.165) is 31.3 Å². The smallest absolute Gasteiger partial charge is 0.122 e. The molecule has 102 valence electrons. The van der Waals surface area contributed by atoms with E-state index >= 15 is 0 Å². The zero-order valence-corrected chi connectivity index (χ0v) is 11.7. The van der Waals surface area contributed by atoms with Gasteiger partial charge in [-0.15, -0.1) is 0 Å². The predicted octanol–water partition coefficient (Wildman–Crippen LogP) is 3.01. The number of furan rings is 1. The van der Waals surface area contributed by atoms with Gasteiger partial charge in [0.25, 0.3) is 0 Å². The Morgan fingerprint density at radius 2 is 2.33 bits per heavy atom. The third-order valence-electron chi connectivity index (χ3n) is 3.84. The maximum atomic E-state index is 5.64. The molecule has 1 aromatic heterocycles. The number of hydrogen-bond donors (Lipinski definition) is 1. The van der Waals surface area contributed by atoms with E-state index < -0.39 is 0 Å². The minimum absolute atomic E-state index is 0.905. The van der Waals surface area contributed by atoms with Crippen LogP contribution in [0.3, 0.4) is 0 Å². The van der Waals surface area contributed by atoms with Crippen molar-refractivity contribution in [2.75, 3.05) is 19.6 Å². The van der Waals surface area contributed by atoms with Crippen molar-refractivity contribution in [3.8, 4) is 0 Å². The number of likely N-dealkylation sites (tertiary alicyclic amines) is 1. The molecule has 18 heavy (non-hydrogen) atoms. The van der Waals surface area contributed by atoms with Crippen LogP contribution >= 0.6 is 0 Å². The van der Waals surface area contributed by atoms with E-state index in [4.69, 9.17) is 4.42 Å². The van der Waals surface area contributed by atoms with E-state index in [-0.39, 0.29) is 0 Å². The van der Waals surface area contributed by atoms with E-state index in [1.165, 1.54) is 37.9 Å². The summed E-state index contributed by atoms with van der Waals surface area (Å²) >= 11 is 0. The molecule has 0 aliphatic carbocycles. The van der Waals surface area contributed by atoms with Crippen LogP contribution in [0.25, 0.3) is 0 Å². The maximum absolute atomic E-state index is 5.64. The van der Waals surface area contributed by atoms with Gasteiger partial charge in [0.05, 0.1) is 12.8 Å². The van der Waals surface area contributed by atoms with Gasteiger partial charge in [-0.3, -0.25) is 4.90 Å². The summed E-state index contributed by atoms with van der Waals surface area (Å²) in [5.41, 5.74) is 1.32. The van der Waals surface area contributed by atoms with Crippen LogP contribution in [-0.4, -0.2) is 24.5 Å². The number of rotatable bonds is 7. The Morgan fingerprint density at radius 3 is 3.11 bits per heavy atom. The van der Waals surface area contributed by atoms with Gasteiger partial charge in [-0.1, -0.05) is 20.3 Å². The molecule has 0 saturated carbocycles. The van der Waals surface area contributed by atoms with Gasteiger partial charge < -0.3 is 9.73 Å². The Bertz CT molecular complexity index is 348. The van der Waals surface area contributed by atoms with Crippen LogP contribution < -0.4 is 5.32 Å². The van der Waals surface area contributed by atoms with Crippen LogP contribution in [0.5, 0.6) is 0 Å². The van der Waals surface area contributed by atoms with E-state index in [0.29, 0.717) is 0 Å². The molecule has 1 N–H and O–H groups in total. The highest BCUT2D eigenvalue weighted by molar-refractivity contribution is 5.17. The van der Waals surface area contributed by atoms with Gasteiger partial charge in [0.15, 0.2) is 0 Å². The molecule has 2 heterocycles. The summed E-state index contributed by atoms with van der Waals surface area (Å²) in [7, 11) is 0. The average Bonchev–Trinajstić information content (AvgIpc) is 2.98. The third-order valence-corrected chi connectivity index (χ3v) is 3.84. The zero-order chi connectivity index (χ0) is 12.8. The topological polar surface area (TPSA) is 28.4 Å². The van der Waals surface area contributed by atoms with E-state index in [9.17, 15) is 0 Å². The second-order valence-electron chi connectivity index (χ2n) is 5.33. The van der Waals surface area contributed by atoms with Crippen LogP contribution in [0, 0.1) is 5.92 Å². The summed E-state index contributed by atoms with van der Waals surface area (Å²) in [5.74, 6) is 2.05. The fourth-order valence-electron chi connectivity index (χ4n) is 2.83. The molecular formula is C15H26N2O. The molecule has 0 aromatic carbocycles. The minimum atomic E-state index is 0.905. The predicted molar refractivity (Wildman–Crippen MR) is 74.4 cm³/mol. The molecule has 0 amide bonds. The molecule has 1 fully saturated rings. The molecule has 1 atom stereocenters. The van der Waals surface area contributed by atoms with Crippen LogP contribution in [-0.2, 0) is 13.1 Å². The Labute approximate surface area is 111 Å². The van der Waals surface area contributed by atoms with Crippen molar-refractivity contribution in [1.29, 1.82) is 0 Å². The average molecular weight is 250 g/mol. The number of nitrogens with one attached hydrogen (secondary N) is 1. The first kappa shape index (κ1) is 13.6. The van der Waals surface area contributed by atoms with Gasteiger partial charge in [0, 0.05) is 18.7 Å². The van der Waals surface area contributed by atoms with Crippen LogP contribution in [0.2, 0.25) is 0 Å². The highest BCUT2D eigenvalue weighted by Crippen LogP contribution is 2.23. The quantitative estimate of drug-likeness (QED) is 0.806. The lowest BCUT2D eigenvalue weighted by molar-refractivity contribution is 0.282. The standard InChI is InChI=1S/C15H26N2O/c1-3-5-13-6-8-17(11-13)12-15-14(7-9-18-15)10-16-4-2/h7,9,13,16H,3-6,8,10-12H2,1-2H3. The summed E-state index contributed by atoms with van der Waals surface area (Å²) in [6.45, 7) is 9.80. The lowest BCUT2D eigenvalue weighted by atomic mass is 10.0. The van der Waals surface area contributed by atoms with Gasteiger partial charge in [-0.05, 0) is 37.9 Å². The molecular weight excluding hydrogens is 224 g/mol. The Balaban J connectivity index is 1.84. The molecule has 1 saturated heterocycles. The van der Waals surface area contributed by atoms with Gasteiger partial charge >= 0.3 is 0 Å². The molecule has 0 radical (unpaired) electrons. The molecule has 0 bridgehead atoms. The monoisotopic (exact) mass is 250 g/mol. The highest BCUT2D eigenvalue weighted by Gasteiger charge is 2.23. The normalized spacial score (nSPS) is 20.7. The first-order valence-corrected chi connectivity index (χ1v) is 7.31. The van der Waals surface area contributed by atoms with E-state index in [2.05, 4.69) is 30.1 Å². The fourth-order valence-corrected chi connectivity index (χ4v) is 2.83. The third kappa shape index (κ3) is 3.59. The van der Waals surface area contributed by atoms with Crippen LogP contribution in [0.4, 0.5) is 0 Å². The second-order valence-corrected chi connectivity index (χ2v) is 5.33. The first-order valence-electron chi connectivity index (χ1n) is 7.31. The van der Waals surface area contributed by atoms with Crippen molar-refractivity contribution in [1.82, 2.24) is 10.2 Å². The first-order chi connectivity index (χ1) is 8.83. The Kier molecular flexibility index (Phi) is 5.26. The van der Waals surface area contributed by atoms with Crippen molar-refractivity contribution in [2.45, 2.75) is 46.2 Å². The molecule has 3 nitrogen and oxygen atoms in total. The molecule has 1 aromatic rings. The van der Waals surface area contributed by atoms with Gasteiger partial charge in [-0.2, -0.15) is 0 Å². The Hall–Kier alpha value is -0.800. The van der Waals surface area contributed by atoms with E-state index in [1.807, 2.05) is 6.26 Å². The maximum Gasteiger partial charge on any atom is 0.122 e. The van der Waals surface area contributed by atoms with Crippen molar-refractivity contribution in [3.63, 3.8) is 0 Å². The summed E-state index contributed by atoms with van der Waals surface area (Å²) in [6.07, 6.45) is 5.86. The largest absolute Gasteiger partial charge is 0.468 e. The summed E-state index contributed by atoms with van der Waals surface area (Å²) in [6, 6.07) is 2.09. The molecule has 1 aliphatic heterocycles. The fraction of sp³-hybridized carbons (Fsp3) is 0.733. The van der Waals surface area contributed by atoms with Crippen molar-refractivity contribution >= 4 is 0 Å². The molecule has 0 spiro atoms. The van der Waals surface area contributed by atoms with Gasteiger partial charge in [-0.25, -0.2) is 0 Å². The van der Waals surface area contributed by atoms with Crippen LogP contribution in [0.1, 0.15) is 44.4 Å². The highest BCUT2D eigenvalue weighted by atomic mass is 16.3. The van der Waals surface area contributed by atoms with Crippen molar-refractivity contribution in [3.05, 3.63) is 23.7 Å². The molecule has 2 rings (SSSR count). The Morgan fingerprint density at radius 1 is 1.44 bits per heavy atom. The zero-order valence-electron chi connectivity index (χ0n) is 11.7. The van der Waals surface area contributed by atoms with Gasteiger partial charge in [0.2, 0.25) is 0 Å². The minimum Gasteiger partial charge on any atom is -0.468 e. The SMILES string of the molecule is CCCC1CCN(Cc2occc2CNCC)C1. The lowest BCUT2D eigenvalue weighted by Gasteiger charge is -2.15. The molecule has 1 unspecified atom stereocenters. The lowest BCUT2D eigenvalue weighted by Crippen LogP contribution is -2.21. The van der Waals surface area contributed by atoms with Crippen LogP contribution in [0.15, 0.2) is 16.7 Å². The summed E-state index contributed by atoms with van der Waals surface area (Å²) < 4.78 is 5.64. The molecule has 3 heteroatoms.